The van der Waals surface area contributed by atoms with Crippen molar-refractivity contribution in [2.24, 2.45) is 5.92 Å². The van der Waals surface area contributed by atoms with Gasteiger partial charge in [-0.3, -0.25) is 14.6 Å². The molecule has 9 nitrogen and oxygen atoms in total. The first kappa shape index (κ1) is 20.0. The molecular formula is C20H19N5O4S2. The lowest BCUT2D eigenvalue weighted by Gasteiger charge is -2.42. The Labute approximate surface area is 182 Å². The number of sulfonamides is 1. The van der Waals surface area contributed by atoms with Crippen molar-refractivity contribution < 1.29 is 13.2 Å². The van der Waals surface area contributed by atoms with Gasteiger partial charge in [0.05, 0.1) is 6.20 Å². The number of nitrogens with one attached hydrogen (secondary N) is 1. The van der Waals surface area contributed by atoms with E-state index in [-0.39, 0.29) is 28.8 Å². The molecule has 2 atom stereocenters. The van der Waals surface area contributed by atoms with E-state index in [4.69, 9.17) is 0 Å². The molecule has 2 bridgehead atoms. The number of hydrogen-bond acceptors (Lipinski definition) is 7. The molecule has 1 saturated heterocycles. The summed E-state index contributed by atoms with van der Waals surface area (Å²) in [7, 11) is -3.53. The van der Waals surface area contributed by atoms with Gasteiger partial charge in [0.2, 0.25) is 0 Å². The molecule has 1 fully saturated rings. The normalized spacial score (nSPS) is 20.8. The highest BCUT2D eigenvalue weighted by Gasteiger charge is 2.40. The first-order chi connectivity index (χ1) is 14.9. The van der Waals surface area contributed by atoms with Gasteiger partial charge in [-0.15, -0.1) is 11.3 Å². The van der Waals surface area contributed by atoms with Crippen molar-refractivity contribution in [2.45, 2.75) is 23.1 Å². The lowest BCUT2D eigenvalue weighted by molar-refractivity contribution is 0.102. The number of piperidine rings is 1. The summed E-state index contributed by atoms with van der Waals surface area (Å²) >= 11 is 1.21. The summed E-state index contributed by atoms with van der Waals surface area (Å²) in [5, 5.41) is 4.37. The van der Waals surface area contributed by atoms with E-state index in [1.54, 1.807) is 34.2 Å². The Bertz CT molecular complexity index is 1290. The predicted molar refractivity (Wildman–Crippen MR) is 115 cm³/mol. The minimum absolute atomic E-state index is 0.0321. The molecule has 1 N–H and O–H groups in total. The average Bonchev–Trinajstić information content (AvgIpc) is 3.32. The zero-order valence-corrected chi connectivity index (χ0v) is 18.0. The Morgan fingerprint density at radius 1 is 1.16 bits per heavy atom. The molecule has 1 amide bonds. The second-order valence-corrected chi connectivity index (χ2v) is 10.8. The summed E-state index contributed by atoms with van der Waals surface area (Å²) in [5.74, 6) is -0.542. The van der Waals surface area contributed by atoms with Crippen LogP contribution < -0.4 is 10.9 Å². The number of nitrogens with zero attached hydrogens (tertiary/aromatic N) is 4. The molecule has 3 aromatic rings. The minimum atomic E-state index is -3.53. The zero-order chi connectivity index (χ0) is 21.6. The molecule has 3 aromatic heterocycles. The second-order valence-electron chi connectivity index (χ2n) is 7.69. The van der Waals surface area contributed by atoms with E-state index in [0.29, 0.717) is 23.8 Å². The van der Waals surface area contributed by atoms with Crippen LogP contribution in [0.15, 0.2) is 57.2 Å². The van der Waals surface area contributed by atoms with Crippen LogP contribution in [-0.2, 0) is 16.6 Å². The van der Waals surface area contributed by atoms with Crippen LogP contribution in [0.5, 0.6) is 0 Å². The molecule has 5 rings (SSSR count). The van der Waals surface area contributed by atoms with E-state index in [9.17, 15) is 18.0 Å². The van der Waals surface area contributed by atoms with Crippen LogP contribution in [0.25, 0.3) is 0 Å². The molecule has 0 unspecified atom stereocenters. The molecule has 0 radical (unpaired) electrons. The fourth-order valence-electron chi connectivity index (χ4n) is 4.33. The van der Waals surface area contributed by atoms with Crippen LogP contribution in [0, 0.1) is 5.92 Å². The Morgan fingerprint density at radius 2 is 2.03 bits per heavy atom. The number of amides is 1. The third-order valence-electron chi connectivity index (χ3n) is 5.70. The van der Waals surface area contributed by atoms with Gasteiger partial charge in [-0.25, -0.2) is 13.4 Å². The highest BCUT2D eigenvalue weighted by Crippen LogP contribution is 2.38. The second kappa shape index (κ2) is 7.66. The van der Waals surface area contributed by atoms with Crippen LogP contribution in [-0.4, -0.2) is 46.3 Å². The lowest BCUT2D eigenvalue weighted by atomic mass is 9.84. The van der Waals surface area contributed by atoms with Crippen molar-refractivity contribution in [1.82, 2.24) is 18.8 Å². The maximum Gasteiger partial charge on any atom is 0.276 e. The molecule has 2 aliphatic heterocycles. The van der Waals surface area contributed by atoms with E-state index in [2.05, 4.69) is 15.3 Å². The van der Waals surface area contributed by atoms with Crippen molar-refractivity contribution in [3.63, 3.8) is 0 Å². The van der Waals surface area contributed by atoms with Crippen molar-refractivity contribution in [3.8, 4) is 0 Å². The average molecular weight is 458 g/mol. The Morgan fingerprint density at radius 3 is 2.77 bits per heavy atom. The van der Waals surface area contributed by atoms with Crippen LogP contribution in [0.4, 0.5) is 5.69 Å². The van der Waals surface area contributed by atoms with Crippen molar-refractivity contribution in [1.29, 1.82) is 0 Å². The fraction of sp³-hybridized carbons (Fsp3) is 0.300. The van der Waals surface area contributed by atoms with E-state index in [1.165, 1.54) is 34.2 Å². The number of carbonyl (C=O) groups excluding carboxylic acids is 1. The number of pyridine rings is 1. The molecule has 31 heavy (non-hydrogen) atoms. The first-order valence-corrected chi connectivity index (χ1v) is 12.1. The molecule has 2 aliphatic rings. The highest BCUT2D eigenvalue weighted by atomic mass is 32.2. The standard InChI is InChI=1S/C20H19N5O4S2/c26-19(16-9-21-5-6-22-16)23-15-3-4-17-14-8-13(11-25(17)20(15)27)10-24(12-14)31(28,29)18-2-1-7-30-18/h1-7,9,13-14H,8,10-12H2,(H,23,26)/t13-,14-/m1/s1. The van der Waals surface area contributed by atoms with Crippen molar-refractivity contribution >= 4 is 33.0 Å². The molecule has 0 aromatic carbocycles. The summed E-state index contributed by atoms with van der Waals surface area (Å²) in [5.41, 5.74) is 0.794. The fourth-order valence-corrected chi connectivity index (χ4v) is 7.04. The third-order valence-corrected chi connectivity index (χ3v) is 8.91. The van der Waals surface area contributed by atoms with Gasteiger partial charge in [0, 0.05) is 43.6 Å². The topological polar surface area (TPSA) is 114 Å². The van der Waals surface area contributed by atoms with Gasteiger partial charge < -0.3 is 9.88 Å². The molecule has 160 valence electrons. The SMILES string of the molecule is O=C(Nc1ccc2n(c1=O)C[C@@H]1C[C@@H]2CN(S(=O)(=O)c2cccs2)C1)c1cnccn1. The predicted octanol–water partition coefficient (Wildman–Crippen LogP) is 1.76. The highest BCUT2D eigenvalue weighted by molar-refractivity contribution is 7.91. The first-order valence-electron chi connectivity index (χ1n) is 9.78. The number of hydrogen-bond donors (Lipinski definition) is 1. The summed E-state index contributed by atoms with van der Waals surface area (Å²) in [6, 6.07) is 6.73. The smallest absolute Gasteiger partial charge is 0.276 e. The Hall–Kier alpha value is -2.89. The maximum atomic E-state index is 13.1. The van der Waals surface area contributed by atoms with Gasteiger partial charge >= 0.3 is 0 Å². The zero-order valence-electron chi connectivity index (χ0n) is 16.3. The number of carbonyl (C=O) groups is 1. The molecule has 0 aliphatic carbocycles. The monoisotopic (exact) mass is 457 g/mol. The summed E-state index contributed by atoms with van der Waals surface area (Å²) in [6.45, 7) is 1.12. The lowest BCUT2D eigenvalue weighted by Crippen LogP contribution is -2.49. The van der Waals surface area contributed by atoms with Crippen LogP contribution in [0.1, 0.15) is 28.5 Å². The van der Waals surface area contributed by atoms with E-state index < -0.39 is 15.9 Å². The number of anilines is 1. The van der Waals surface area contributed by atoms with Gasteiger partial charge in [0.1, 0.15) is 15.6 Å². The quantitative estimate of drug-likeness (QED) is 0.639. The van der Waals surface area contributed by atoms with Crippen LogP contribution in [0.3, 0.4) is 0 Å². The maximum absolute atomic E-state index is 13.1. The molecular weight excluding hydrogens is 438 g/mol. The molecule has 0 saturated carbocycles. The van der Waals surface area contributed by atoms with Gasteiger partial charge in [-0.2, -0.15) is 4.31 Å². The number of fused-ring (bicyclic) bond motifs is 4. The van der Waals surface area contributed by atoms with Gasteiger partial charge in [0.25, 0.3) is 21.5 Å². The summed E-state index contributed by atoms with van der Waals surface area (Å²) < 4.78 is 29.5. The van der Waals surface area contributed by atoms with Crippen LogP contribution >= 0.6 is 11.3 Å². The number of rotatable bonds is 4. The largest absolute Gasteiger partial charge is 0.316 e. The summed E-state index contributed by atoms with van der Waals surface area (Å²) in [4.78, 5) is 33.2. The third kappa shape index (κ3) is 3.58. The van der Waals surface area contributed by atoms with Crippen molar-refractivity contribution in [3.05, 3.63) is 70.0 Å². The minimum Gasteiger partial charge on any atom is -0.316 e. The Kier molecular flexibility index (Phi) is 4.95. The number of aromatic nitrogens is 3. The van der Waals surface area contributed by atoms with Gasteiger partial charge in [-0.05, 0) is 35.9 Å². The molecule has 0 spiro atoms. The van der Waals surface area contributed by atoms with Gasteiger partial charge in [-0.1, -0.05) is 6.07 Å². The van der Waals surface area contributed by atoms with Crippen molar-refractivity contribution in [2.75, 3.05) is 18.4 Å². The van der Waals surface area contributed by atoms with Gasteiger partial charge in [0.15, 0.2) is 0 Å². The Balaban J connectivity index is 1.42. The van der Waals surface area contributed by atoms with Crippen LogP contribution in [0.2, 0.25) is 0 Å². The van der Waals surface area contributed by atoms with E-state index in [1.807, 2.05) is 0 Å². The van der Waals surface area contributed by atoms with E-state index >= 15 is 0 Å². The number of thiophene rings is 1. The summed E-state index contributed by atoms with van der Waals surface area (Å²) in [6.07, 6.45) is 5.04. The molecule has 11 heteroatoms. The molecule has 5 heterocycles. The van der Waals surface area contributed by atoms with E-state index in [0.717, 1.165) is 12.1 Å².